The second-order valence-corrected chi connectivity index (χ2v) is 9.33. The predicted octanol–water partition coefficient (Wildman–Crippen LogP) is 5.77. The first-order valence-corrected chi connectivity index (χ1v) is 11.5. The number of piperidine rings is 1. The van der Waals surface area contributed by atoms with Crippen molar-refractivity contribution in [2.45, 2.75) is 51.5 Å². The number of hydrogen-bond acceptors (Lipinski definition) is 5. The highest BCUT2D eigenvalue weighted by atomic mass is 32.1. The van der Waals surface area contributed by atoms with Crippen LogP contribution in [0.2, 0.25) is 0 Å². The van der Waals surface area contributed by atoms with Crippen LogP contribution >= 0.6 is 11.3 Å². The Hall–Kier alpha value is -2.53. The number of benzene rings is 1. The highest BCUT2D eigenvalue weighted by Crippen LogP contribution is 2.44. The van der Waals surface area contributed by atoms with E-state index in [0.29, 0.717) is 6.04 Å². The van der Waals surface area contributed by atoms with E-state index in [-0.39, 0.29) is 0 Å². The van der Waals surface area contributed by atoms with Gasteiger partial charge in [0, 0.05) is 23.5 Å². The molecular formula is C24H24N4S. The van der Waals surface area contributed by atoms with Gasteiger partial charge in [-0.2, -0.15) is 0 Å². The molecule has 29 heavy (non-hydrogen) atoms. The molecule has 1 fully saturated rings. The van der Waals surface area contributed by atoms with Gasteiger partial charge in [-0.25, -0.2) is 15.0 Å². The molecule has 0 N–H and O–H groups in total. The standard InChI is InChI=1S/C24H24N4S/c1-15-8-5-6-13-28(15)23-22-21(25-14-26-23)19-17-11-7-12-18(17)20(27-24(19)29-22)16-9-3-2-4-10-16/h2-4,9-10,14-15H,5-8,11-13H2,1H3/t15-/m1/s1. The molecule has 2 aliphatic rings. The number of aromatic nitrogens is 3. The van der Waals surface area contributed by atoms with E-state index in [1.54, 1.807) is 17.7 Å². The number of anilines is 1. The van der Waals surface area contributed by atoms with Crippen LogP contribution in [0, 0.1) is 0 Å². The summed E-state index contributed by atoms with van der Waals surface area (Å²) in [5.74, 6) is 1.11. The quantitative estimate of drug-likeness (QED) is 0.428. The van der Waals surface area contributed by atoms with E-state index in [9.17, 15) is 0 Å². The third-order valence-electron chi connectivity index (χ3n) is 6.58. The molecule has 0 spiro atoms. The first-order valence-electron chi connectivity index (χ1n) is 10.7. The van der Waals surface area contributed by atoms with Crippen LogP contribution in [0.25, 0.3) is 31.7 Å². The van der Waals surface area contributed by atoms with Gasteiger partial charge in [0.15, 0.2) is 0 Å². The van der Waals surface area contributed by atoms with Crippen molar-refractivity contribution in [3.8, 4) is 11.3 Å². The number of fused-ring (bicyclic) bond motifs is 5. The maximum Gasteiger partial charge on any atom is 0.150 e. The normalized spacial score (nSPS) is 19.2. The average molecular weight is 401 g/mol. The lowest BCUT2D eigenvalue weighted by atomic mass is 10.0. The Kier molecular flexibility index (Phi) is 4.05. The van der Waals surface area contributed by atoms with E-state index < -0.39 is 0 Å². The molecule has 6 rings (SSSR count). The highest BCUT2D eigenvalue weighted by molar-refractivity contribution is 7.26. The van der Waals surface area contributed by atoms with Gasteiger partial charge in [0.1, 0.15) is 17.0 Å². The van der Waals surface area contributed by atoms with Gasteiger partial charge in [-0.05, 0) is 56.6 Å². The van der Waals surface area contributed by atoms with Gasteiger partial charge in [0.05, 0.1) is 15.9 Å². The molecule has 1 aliphatic heterocycles. The lowest BCUT2D eigenvalue weighted by molar-refractivity contribution is 0.482. The molecule has 0 radical (unpaired) electrons. The molecule has 0 unspecified atom stereocenters. The fraction of sp³-hybridized carbons (Fsp3) is 0.375. The van der Waals surface area contributed by atoms with E-state index in [2.05, 4.69) is 42.2 Å². The summed E-state index contributed by atoms with van der Waals surface area (Å²) in [6, 6.07) is 11.2. The molecule has 0 saturated carbocycles. The first kappa shape index (κ1) is 17.3. The number of thiophene rings is 1. The summed E-state index contributed by atoms with van der Waals surface area (Å²) in [6.07, 6.45) is 8.99. The van der Waals surface area contributed by atoms with Gasteiger partial charge >= 0.3 is 0 Å². The van der Waals surface area contributed by atoms with E-state index in [0.717, 1.165) is 41.2 Å². The molecule has 3 aromatic heterocycles. The lowest BCUT2D eigenvalue weighted by Crippen LogP contribution is -2.38. The Morgan fingerprint density at radius 3 is 2.72 bits per heavy atom. The Morgan fingerprint density at radius 2 is 1.86 bits per heavy atom. The lowest BCUT2D eigenvalue weighted by Gasteiger charge is -2.34. The number of rotatable bonds is 2. The van der Waals surface area contributed by atoms with Crippen molar-refractivity contribution in [1.29, 1.82) is 0 Å². The van der Waals surface area contributed by atoms with E-state index in [4.69, 9.17) is 15.0 Å². The minimum absolute atomic E-state index is 0.533. The molecule has 1 atom stereocenters. The SMILES string of the molecule is C[C@@H]1CCCCN1c1ncnc2c1sc1nc(-c3ccccc3)c3c(c12)CCC3. The summed E-state index contributed by atoms with van der Waals surface area (Å²) in [7, 11) is 0. The van der Waals surface area contributed by atoms with Crippen molar-refractivity contribution >= 4 is 37.6 Å². The fourth-order valence-corrected chi connectivity index (χ4v) is 6.30. The molecule has 146 valence electrons. The van der Waals surface area contributed by atoms with Crippen molar-refractivity contribution in [1.82, 2.24) is 15.0 Å². The number of pyridine rings is 1. The monoisotopic (exact) mass is 400 g/mol. The summed E-state index contributed by atoms with van der Waals surface area (Å²) < 4.78 is 1.21. The van der Waals surface area contributed by atoms with Crippen molar-refractivity contribution in [2.75, 3.05) is 11.4 Å². The third-order valence-corrected chi connectivity index (χ3v) is 7.64. The van der Waals surface area contributed by atoms with Gasteiger partial charge < -0.3 is 4.90 Å². The van der Waals surface area contributed by atoms with Crippen LogP contribution in [0.5, 0.6) is 0 Å². The van der Waals surface area contributed by atoms with Crippen LogP contribution < -0.4 is 4.90 Å². The van der Waals surface area contributed by atoms with Gasteiger partial charge in [-0.1, -0.05) is 30.3 Å². The van der Waals surface area contributed by atoms with Crippen LogP contribution in [0.15, 0.2) is 36.7 Å². The maximum atomic E-state index is 5.19. The second-order valence-electron chi connectivity index (χ2n) is 8.33. The fourth-order valence-electron chi connectivity index (χ4n) is 5.14. The van der Waals surface area contributed by atoms with Crippen LogP contribution in [0.4, 0.5) is 5.82 Å². The summed E-state index contributed by atoms with van der Waals surface area (Å²) in [5.41, 5.74) is 6.39. The molecule has 4 nitrogen and oxygen atoms in total. The van der Waals surface area contributed by atoms with Gasteiger partial charge in [-0.3, -0.25) is 0 Å². The molecule has 4 heterocycles. The van der Waals surface area contributed by atoms with E-state index in [1.165, 1.54) is 52.5 Å². The van der Waals surface area contributed by atoms with Gasteiger partial charge in [-0.15, -0.1) is 11.3 Å². The van der Waals surface area contributed by atoms with Crippen LogP contribution in [-0.4, -0.2) is 27.5 Å². The molecular weight excluding hydrogens is 376 g/mol. The Balaban J connectivity index is 1.62. The summed E-state index contributed by atoms with van der Waals surface area (Å²) in [6.45, 7) is 3.41. The van der Waals surface area contributed by atoms with Crippen LogP contribution in [-0.2, 0) is 12.8 Å². The zero-order valence-electron chi connectivity index (χ0n) is 16.7. The summed E-state index contributed by atoms with van der Waals surface area (Å²) in [5, 5.41) is 1.28. The molecule has 1 aliphatic carbocycles. The number of hydrogen-bond donors (Lipinski definition) is 0. The molecule has 0 bridgehead atoms. The van der Waals surface area contributed by atoms with Crippen molar-refractivity contribution < 1.29 is 0 Å². The van der Waals surface area contributed by atoms with Crippen molar-refractivity contribution in [3.63, 3.8) is 0 Å². The van der Waals surface area contributed by atoms with Crippen molar-refractivity contribution in [2.24, 2.45) is 0 Å². The maximum absolute atomic E-state index is 5.19. The largest absolute Gasteiger partial charge is 0.353 e. The zero-order chi connectivity index (χ0) is 19.4. The first-order chi connectivity index (χ1) is 14.3. The predicted molar refractivity (Wildman–Crippen MR) is 121 cm³/mol. The smallest absolute Gasteiger partial charge is 0.150 e. The number of aryl methyl sites for hydroxylation is 1. The van der Waals surface area contributed by atoms with Crippen molar-refractivity contribution in [3.05, 3.63) is 47.8 Å². The molecule has 0 amide bonds. The average Bonchev–Trinajstić information content (AvgIpc) is 3.38. The third kappa shape index (κ3) is 2.67. The summed E-state index contributed by atoms with van der Waals surface area (Å²) >= 11 is 1.78. The highest BCUT2D eigenvalue weighted by Gasteiger charge is 2.27. The van der Waals surface area contributed by atoms with Crippen LogP contribution in [0.3, 0.4) is 0 Å². The van der Waals surface area contributed by atoms with Crippen LogP contribution in [0.1, 0.15) is 43.7 Å². The molecule has 1 aromatic carbocycles. The topological polar surface area (TPSA) is 41.9 Å². The Bertz CT molecular complexity index is 1210. The van der Waals surface area contributed by atoms with E-state index >= 15 is 0 Å². The Labute approximate surface area is 174 Å². The van der Waals surface area contributed by atoms with Gasteiger partial charge in [0.25, 0.3) is 0 Å². The molecule has 1 saturated heterocycles. The minimum atomic E-state index is 0.533. The second kappa shape index (κ2) is 6.77. The van der Waals surface area contributed by atoms with Gasteiger partial charge in [0.2, 0.25) is 0 Å². The zero-order valence-corrected chi connectivity index (χ0v) is 17.5. The number of nitrogens with zero attached hydrogens (tertiary/aromatic N) is 4. The van der Waals surface area contributed by atoms with E-state index in [1.807, 2.05) is 0 Å². The molecule has 5 heteroatoms. The minimum Gasteiger partial charge on any atom is -0.353 e. The molecule has 4 aromatic rings. The summed E-state index contributed by atoms with van der Waals surface area (Å²) in [4.78, 5) is 18.3. The Morgan fingerprint density at radius 1 is 1.00 bits per heavy atom.